The summed E-state index contributed by atoms with van der Waals surface area (Å²) in [5.41, 5.74) is 0.472. The first-order valence-electron chi connectivity index (χ1n) is 5.31. The van der Waals surface area contributed by atoms with Crippen LogP contribution in [0.2, 0.25) is 0 Å². The number of halogens is 2. The third kappa shape index (κ3) is 4.12. The van der Waals surface area contributed by atoms with Crippen LogP contribution in [0.25, 0.3) is 0 Å². The molecule has 0 fully saturated rings. The molecule has 18 heavy (non-hydrogen) atoms. The van der Waals surface area contributed by atoms with Gasteiger partial charge in [-0.15, -0.1) is 6.58 Å². The van der Waals surface area contributed by atoms with E-state index in [0.29, 0.717) is 12.2 Å². The van der Waals surface area contributed by atoms with Crippen molar-refractivity contribution in [3.63, 3.8) is 0 Å². The molecular weight excluding hydrogens is 303 g/mol. The van der Waals surface area contributed by atoms with Crippen LogP contribution in [0.15, 0.2) is 35.3 Å². The van der Waals surface area contributed by atoms with Crippen LogP contribution in [0.3, 0.4) is 0 Å². The lowest BCUT2D eigenvalue weighted by atomic mass is 10.3. The standard InChI is InChI=1S/C12H14BrFN2O2/c1-2-5-16(6-7-17)12(18)15-9-3-4-11(14)10(13)8-9/h2-4,8,17H,1,5-7H2,(H,15,18). The monoisotopic (exact) mass is 316 g/mol. The highest BCUT2D eigenvalue weighted by Crippen LogP contribution is 2.20. The van der Waals surface area contributed by atoms with Crippen molar-refractivity contribution in [1.29, 1.82) is 0 Å². The SMILES string of the molecule is C=CCN(CCO)C(=O)Nc1ccc(F)c(Br)c1. The Morgan fingerprint density at radius 1 is 1.61 bits per heavy atom. The number of anilines is 1. The molecule has 0 unspecified atom stereocenters. The summed E-state index contributed by atoms with van der Waals surface area (Å²) in [5, 5.41) is 11.5. The van der Waals surface area contributed by atoms with E-state index >= 15 is 0 Å². The molecule has 0 aliphatic heterocycles. The topological polar surface area (TPSA) is 52.6 Å². The van der Waals surface area contributed by atoms with E-state index in [0.717, 1.165) is 0 Å². The van der Waals surface area contributed by atoms with Gasteiger partial charge in [-0.3, -0.25) is 0 Å². The molecule has 0 aliphatic carbocycles. The van der Waals surface area contributed by atoms with Gasteiger partial charge in [-0.1, -0.05) is 6.08 Å². The maximum atomic E-state index is 13.0. The Balaban J connectivity index is 2.72. The summed E-state index contributed by atoms with van der Waals surface area (Å²) >= 11 is 3.04. The van der Waals surface area contributed by atoms with E-state index in [4.69, 9.17) is 5.11 Å². The molecule has 0 saturated carbocycles. The molecule has 2 N–H and O–H groups in total. The van der Waals surface area contributed by atoms with Crippen molar-refractivity contribution in [2.45, 2.75) is 0 Å². The summed E-state index contributed by atoms with van der Waals surface area (Å²) in [6.07, 6.45) is 1.57. The normalized spacial score (nSPS) is 9.94. The minimum Gasteiger partial charge on any atom is -0.395 e. The van der Waals surface area contributed by atoms with Gasteiger partial charge in [-0.05, 0) is 34.1 Å². The molecule has 0 radical (unpaired) electrons. The Bertz CT molecular complexity index is 440. The number of hydrogen-bond acceptors (Lipinski definition) is 2. The summed E-state index contributed by atoms with van der Waals surface area (Å²) in [7, 11) is 0. The molecule has 0 aromatic heterocycles. The first-order chi connectivity index (χ1) is 8.58. The first-order valence-corrected chi connectivity index (χ1v) is 6.10. The third-order valence-electron chi connectivity index (χ3n) is 2.18. The van der Waals surface area contributed by atoms with Crippen LogP contribution in [0.1, 0.15) is 0 Å². The fraction of sp³-hybridized carbons (Fsp3) is 0.250. The molecule has 1 aromatic rings. The molecule has 2 amide bonds. The highest BCUT2D eigenvalue weighted by Gasteiger charge is 2.12. The van der Waals surface area contributed by atoms with Gasteiger partial charge in [0.2, 0.25) is 0 Å². The van der Waals surface area contributed by atoms with Crippen molar-refractivity contribution >= 4 is 27.6 Å². The highest BCUT2D eigenvalue weighted by atomic mass is 79.9. The molecule has 1 rings (SSSR count). The van der Waals surface area contributed by atoms with Gasteiger partial charge in [0.15, 0.2) is 0 Å². The molecule has 6 heteroatoms. The van der Waals surface area contributed by atoms with Crippen LogP contribution in [-0.4, -0.2) is 35.7 Å². The molecule has 0 heterocycles. The maximum Gasteiger partial charge on any atom is 0.322 e. The lowest BCUT2D eigenvalue weighted by Crippen LogP contribution is -2.37. The van der Waals surface area contributed by atoms with Gasteiger partial charge in [0.05, 0.1) is 11.1 Å². The van der Waals surface area contributed by atoms with E-state index in [2.05, 4.69) is 27.8 Å². The lowest BCUT2D eigenvalue weighted by Gasteiger charge is -2.20. The number of carbonyl (C=O) groups excluding carboxylic acids is 1. The predicted molar refractivity (Wildman–Crippen MR) is 72.0 cm³/mol. The average Bonchev–Trinajstić information content (AvgIpc) is 2.33. The van der Waals surface area contributed by atoms with Crippen LogP contribution >= 0.6 is 15.9 Å². The van der Waals surface area contributed by atoms with Crippen molar-refractivity contribution in [2.24, 2.45) is 0 Å². The largest absolute Gasteiger partial charge is 0.395 e. The summed E-state index contributed by atoms with van der Waals surface area (Å²) in [6.45, 7) is 3.94. The van der Waals surface area contributed by atoms with E-state index in [1.807, 2.05) is 0 Å². The maximum absolute atomic E-state index is 13.0. The number of nitrogens with one attached hydrogen (secondary N) is 1. The summed E-state index contributed by atoms with van der Waals surface area (Å²) in [6, 6.07) is 3.81. The summed E-state index contributed by atoms with van der Waals surface area (Å²) < 4.78 is 13.3. The number of carbonyl (C=O) groups is 1. The van der Waals surface area contributed by atoms with Gasteiger partial charge in [0.25, 0.3) is 0 Å². The van der Waals surface area contributed by atoms with Gasteiger partial charge in [0.1, 0.15) is 5.82 Å². The van der Waals surface area contributed by atoms with Crippen molar-refractivity contribution in [2.75, 3.05) is 25.0 Å². The Hall–Kier alpha value is -1.40. The molecule has 0 atom stereocenters. The lowest BCUT2D eigenvalue weighted by molar-refractivity contribution is 0.195. The van der Waals surface area contributed by atoms with Gasteiger partial charge in [-0.25, -0.2) is 9.18 Å². The number of rotatable bonds is 5. The van der Waals surface area contributed by atoms with E-state index in [9.17, 15) is 9.18 Å². The average molecular weight is 317 g/mol. The second-order valence-electron chi connectivity index (χ2n) is 3.52. The molecule has 1 aromatic carbocycles. The summed E-state index contributed by atoms with van der Waals surface area (Å²) in [5.74, 6) is -0.397. The van der Waals surface area contributed by atoms with E-state index < -0.39 is 5.82 Å². The number of nitrogens with zero attached hydrogens (tertiary/aromatic N) is 1. The Kier molecular flexibility index (Phi) is 5.80. The number of amides is 2. The van der Waals surface area contributed by atoms with Crippen LogP contribution < -0.4 is 5.32 Å². The van der Waals surface area contributed by atoms with Gasteiger partial charge in [0, 0.05) is 18.8 Å². The fourth-order valence-corrected chi connectivity index (χ4v) is 1.71. The van der Waals surface area contributed by atoms with Gasteiger partial charge < -0.3 is 15.3 Å². The second kappa shape index (κ2) is 7.13. The molecule has 4 nitrogen and oxygen atoms in total. The Morgan fingerprint density at radius 3 is 2.89 bits per heavy atom. The zero-order chi connectivity index (χ0) is 13.5. The first kappa shape index (κ1) is 14.7. The number of aliphatic hydroxyl groups excluding tert-OH is 1. The fourth-order valence-electron chi connectivity index (χ4n) is 1.33. The van der Waals surface area contributed by atoms with Crippen molar-refractivity contribution in [3.05, 3.63) is 41.1 Å². The van der Waals surface area contributed by atoms with Crippen LogP contribution in [-0.2, 0) is 0 Å². The summed E-state index contributed by atoms with van der Waals surface area (Å²) in [4.78, 5) is 13.2. The number of hydrogen-bond donors (Lipinski definition) is 2. The second-order valence-corrected chi connectivity index (χ2v) is 4.37. The molecular formula is C12H14BrFN2O2. The third-order valence-corrected chi connectivity index (χ3v) is 2.79. The Labute approximate surface area is 113 Å². The van der Waals surface area contributed by atoms with Crippen molar-refractivity contribution < 1.29 is 14.3 Å². The zero-order valence-electron chi connectivity index (χ0n) is 9.70. The van der Waals surface area contributed by atoms with E-state index in [-0.39, 0.29) is 23.7 Å². The van der Waals surface area contributed by atoms with Gasteiger partial charge >= 0.3 is 6.03 Å². The van der Waals surface area contributed by atoms with Crippen LogP contribution in [0.5, 0.6) is 0 Å². The Morgan fingerprint density at radius 2 is 2.33 bits per heavy atom. The van der Waals surface area contributed by atoms with E-state index in [1.54, 1.807) is 6.08 Å². The quantitative estimate of drug-likeness (QED) is 0.820. The number of aliphatic hydroxyl groups is 1. The smallest absolute Gasteiger partial charge is 0.322 e. The molecule has 98 valence electrons. The van der Waals surface area contributed by atoms with E-state index in [1.165, 1.54) is 23.1 Å². The zero-order valence-corrected chi connectivity index (χ0v) is 11.3. The predicted octanol–water partition coefficient (Wildman–Crippen LogP) is 2.60. The van der Waals surface area contributed by atoms with Crippen molar-refractivity contribution in [3.8, 4) is 0 Å². The molecule has 0 aliphatic rings. The highest BCUT2D eigenvalue weighted by molar-refractivity contribution is 9.10. The molecule has 0 spiro atoms. The molecule has 0 saturated heterocycles. The molecule has 0 bridgehead atoms. The minimum atomic E-state index is -0.397. The van der Waals surface area contributed by atoms with Gasteiger partial charge in [-0.2, -0.15) is 0 Å². The van der Waals surface area contributed by atoms with Crippen LogP contribution in [0, 0.1) is 5.82 Å². The van der Waals surface area contributed by atoms with Crippen LogP contribution in [0.4, 0.5) is 14.9 Å². The number of urea groups is 1. The van der Waals surface area contributed by atoms with Crippen molar-refractivity contribution in [1.82, 2.24) is 4.90 Å². The minimum absolute atomic E-state index is 0.131. The number of benzene rings is 1.